The number of ketones is 2. The van der Waals surface area contributed by atoms with Crippen LogP contribution in [0.2, 0.25) is 0 Å². The summed E-state index contributed by atoms with van der Waals surface area (Å²) in [5.41, 5.74) is 1.53. The fraction of sp³-hybridized carbons (Fsp3) is 0.125. The standard InChI is InChI=1S/C24H20N2O5S/c1-16-8-7-11-18(14-16)25-21(27)15-26-22(23(28)17-9-3-2-4-10-17)24(29)19-12-5-6-13-20(19)32(26,30)31/h2-14,22H,15H2,1H3,(H,25,27). The van der Waals surface area contributed by atoms with Crippen LogP contribution in [0.3, 0.4) is 0 Å². The summed E-state index contributed by atoms with van der Waals surface area (Å²) in [7, 11) is -4.28. The van der Waals surface area contributed by atoms with Gasteiger partial charge in [-0.05, 0) is 36.8 Å². The number of carbonyl (C=O) groups is 3. The van der Waals surface area contributed by atoms with Gasteiger partial charge in [0.25, 0.3) is 0 Å². The number of benzene rings is 3. The molecule has 0 aliphatic carbocycles. The molecule has 7 nitrogen and oxygen atoms in total. The zero-order valence-corrected chi connectivity index (χ0v) is 18.0. The number of nitrogens with zero attached hydrogens (tertiary/aromatic N) is 1. The van der Waals surface area contributed by atoms with Gasteiger partial charge in [-0.3, -0.25) is 14.4 Å². The first-order valence-corrected chi connectivity index (χ1v) is 11.3. The molecule has 0 fully saturated rings. The lowest BCUT2D eigenvalue weighted by Crippen LogP contribution is -2.55. The van der Waals surface area contributed by atoms with Gasteiger partial charge in [-0.15, -0.1) is 0 Å². The van der Waals surface area contributed by atoms with Crippen molar-refractivity contribution in [2.45, 2.75) is 17.9 Å². The predicted octanol–water partition coefficient (Wildman–Crippen LogP) is 3.07. The fourth-order valence-corrected chi connectivity index (χ4v) is 5.40. The van der Waals surface area contributed by atoms with E-state index >= 15 is 0 Å². The lowest BCUT2D eigenvalue weighted by molar-refractivity contribution is -0.116. The molecule has 0 radical (unpaired) electrons. The molecule has 1 heterocycles. The van der Waals surface area contributed by atoms with Gasteiger partial charge in [-0.1, -0.05) is 54.6 Å². The molecule has 162 valence electrons. The Morgan fingerprint density at radius 3 is 2.34 bits per heavy atom. The Morgan fingerprint density at radius 2 is 1.62 bits per heavy atom. The third-order valence-corrected chi connectivity index (χ3v) is 7.05. The molecular formula is C24H20N2O5S. The smallest absolute Gasteiger partial charge is 0.245 e. The Bertz CT molecular complexity index is 1320. The molecule has 3 aromatic carbocycles. The summed E-state index contributed by atoms with van der Waals surface area (Å²) in [6.45, 7) is 1.18. The first kappa shape index (κ1) is 21.6. The minimum absolute atomic E-state index is 0.0582. The highest BCUT2D eigenvalue weighted by atomic mass is 32.2. The van der Waals surface area contributed by atoms with E-state index in [0.29, 0.717) is 9.99 Å². The Kier molecular flexibility index (Phi) is 5.73. The monoisotopic (exact) mass is 448 g/mol. The van der Waals surface area contributed by atoms with Crippen molar-refractivity contribution in [2.24, 2.45) is 0 Å². The zero-order chi connectivity index (χ0) is 22.9. The van der Waals surface area contributed by atoms with Crippen LogP contribution in [0, 0.1) is 6.92 Å². The highest BCUT2D eigenvalue weighted by Crippen LogP contribution is 2.31. The zero-order valence-electron chi connectivity index (χ0n) is 17.2. The van der Waals surface area contributed by atoms with E-state index in [2.05, 4.69) is 5.32 Å². The van der Waals surface area contributed by atoms with E-state index in [1.807, 2.05) is 13.0 Å². The minimum Gasteiger partial charge on any atom is -0.325 e. The first-order valence-electron chi connectivity index (χ1n) is 9.90. The summed E-state index contributed by atoms with van der Waals surface area (Å²) in [6, 6.07) is 19.0. The van der Waals surface area contributed by atoms with Crippen LogP contribution in [0.25, 0.3) is 0 Å². The molecule has 1 amide bonds. The fourth-order valence-electron chi connectivity index (χ4n) is 3.69. The molecule has 8 heteroatoms. The Hall–Kier alpha value is -3.62. The van der Waals surface area contributed by atoms with Gasteiger partial charge in [-0.25, -0.2) is 8.42 Å². The van der Waals surface area contributed by atoms with E-state index in [9.17, 15) is 22.8 Å². The molecule has 0 saturated carbocycles. The van der Waals surface area contributed by atoms with Gasteiger partial charge in [0.05, 0.1) is 11.4 Å². The van der Waals surface area contributed by atoms with E-state index in [0.717, 1.165) is 5.56 Å². The maximum absolute atomic E-state index is 13.4. The summed E-state index contributed by atoms with van der Waals surface area (Å²) in [5, 5.41) is 2.64. The largest absolute Gasteiger partial charge is 0.325 e. The molecule has 0 bridgehead atoms. The van der Waals surface area contributed by atoms with Gasteiger partial charge in [-0.2, -0.15) is 4.31 Å². The number of amides is 1. The van der Waals surface area contributed by atoms with Crippen molar-refractivity contribution in [3.63, 3.8) is 0 Å². The summed E-state index contributed by atoms with van der Waals surface area (Å²) < 4.78 is 27.5. The number of hydrogen-bond acceptors (Lipinski definition) is 5. The van der Waals surface area contributed by atoms with Crippen molar-refractivity contribution in [2.75, 3.05) is 11.9 Å². The van der Waals surface area contributed by atoms with Crippen molar-refractivity contribution in [1.29, 1.82) is 0 Å². The molecule has 3 aromatic rings. The normalized spacial score (nSPS) is 17.4. The van der Waals surface area contributed by atoms with E-state index in [1.165, 1.54) is 36.4 Å². The Labute approximate surface area is 185 Å². The average Bonchev–Trinajstić information content (AvgIpc) is 2.78. The number of hydrogen-bond donors (Lipinski definition) is 1. The molecule has 1 N–H and O–H groups in total. The summed E-state index contributed by atoms with van der Waals surface area (Å²) in [6.07, 6.45) is 0. The molecule has 0 aromatic heterocycles. The Balaban J connectivity index is 1.74. The van der Waals surface area contributed by atoms with Crippen LogP contribution in [-0.4, -0.2) is 42.8 Å². The number of Topliss-reactive ketones (excluding diaryl/α,β-unsaturated/α-hetero) is 2. The van der Waals surface area contributed by atoms with Crippen LogP contribution in [-0.2, 0) is 14.8 Å². The molecule has 4 rings (SSSR count). The molecule has 1 aliphatic heterocycles. The maximum Gasteiger partial charge on any atom is 0.245 e. The highest BCUT2D eigenvalue weighted by Gasteiger charge is 2.48. The quantitative estimate of drug-likeness (QED) is 0.478. The van der Waals surface area contributed by atoms with Crippen molar-refractivity contribution >= 4 is 33.2 Å². The molecule has 32 heavy (non-hydrogen) atoms. The van der Waals surface area contributed by atoms with Gasteiger partial charge >= 0.3 is 0 Å². The number of nitrogens with one attached hydrogen (secondary N) is 1. The van der Waals surface area contributed by atoms with E-state index in [4.69, 9.17) is 0 Å². The van der Waals surface area contributed by atoms with Crippen molar-refractivity contribution < 1.29 is 22.8 Å². The summed E-state index contributed by atoms with van der Waals surface area (Å²) in [4.78, 5) is 39.0. The number of aryl methyl sites for hydroxylation is 1. The van der Waals surface area contributed by atoms with Crippen LogP contribution in [0.5, 0.6) is 0 Å². The van der Waals surface area contributed by atoms with Crippen molar-refractivity contribution in [1.82, 2.24) is 4.31 Å². The second-order valence-electron chi connectivity index (χ2n) is 7.46. The summed E-state index contributed by atoms with van der Waals surface area (Å²) >= 11 is 0. The minimum atomic E-state index is -4.28. The van der Waals surface area contributed by atoms with Crippen LogP contribution in [0.15, 0.2) is 83.8 Å². The van der Waals surface area contributed by atoms with Crippen LogP contribution >= 0.6 is 0 Å². The molecular weight excluding hydrogens is 428 g/mol. The van der Waals surface area contributed by atoms with Gasteiger partial charge in [0.1, 0.15) is 0 Å². The topological polar surface area (TPSA) is 101 Å². The SMILES string of the molecule is Cc1cccc(NC(=O)CN2C(C(=O)c3ccccc3)C(=O)c3ccccc3S2(=O)=O)c1. The van der Waals surface area contributed by atoms with Crippen molar-refractivity contribution in [3.05, 3.63) is 95.6 Å². The first-order chi connectivity index (χ1) is 15.3. The van der Waals surface area contributed by atoms with Gasteiger partial charge in [0, 0.05) is 16.8 Å². The molecule has 0 saturated heterocycles. The number of rotatable bonds is 5. The predicted molar refractivity (Wildman–Crippen MR) is 119 cm³/mol. The van der Waals surface area contributed by atoms with E-state index in [1.54, 1.807) is 36.4 Å². The number of carbonyl (C=O) groups excluding carboxylic acids is 3. The van der Waals surface area contributed by atoms with Gasteiger partial charge < -0.3 is 5.32 Å². The molecule has 1 aliphatic rings. The van der Waals surface area contributed by atoms with Crippen LogP contribution in [0.1, 0.15) is 26.3 Å². The number of sulfonamides is 1. The molecule has 0 spiro atoms. The van der Waals surface area contributed by atoms with Gasteiger partial charge in [0.2, 0.25) is 15.9 Å². The van der Waals surface area contributed by atoms with Crippen LogP contribution < -0.4 is 5.32 Å². The van der Waals surface area contributed by atoms with E-state index in [-0.39, 0.29) is 16.0 Å². The number of anilines is 1. The second kappa shape index (κ2) is 8.49. The Morgan fingerprint density at radius 1 is 0.938 bits per heavy atom. The van der Waals surface area contributed by atoms with E-state index < -0.39 is 40.1 Å². The number of fused-ring (bicyclic) bond motifs is 1. The lowest BCUT2D eigenvalue weighted by atomic mass is 9.96. The highest BCUT2D eigenvalue weighted by molar-refractivity contribution is 7.89. The maximum atomic E-state index is 13.4. The van der Waals surface area contributed by atoms with Crippen LogP contribution in [0.4, 0.5) is 5.69 Å². The average molecular weight is 449 g/mol. The molecule has 1 atom stereocenters. The van der Waals surface area contributed by atoms with Crippen molar-refractivity contribution in [3.8, 4) is 0 Å². The molecule has 1 unspecified atom stereocenters. The van der Waals surface area contributed by atoms with Gasteiger partial charge in [0.15, 0.2) is 17.6 Å². The summed E-state index contributed by atoms with van der Waals surface area (Å²) in [5.74, 6) is -2.00. The lowest BCUT2D eigenvalue weighted by Gasteiger charge is -2.33. The third kappa shape index (κ3) is 3.98. The second-order valence-corrected chi connectivity index (χ2v) is 9.32. The third-order valence-electron chi connectivity index (χ3n) is 5.18.